The molecule has 94 valence electrons. The Morgan fingerprint density at radius 2 is 1.82 bits per heavy atom. The SMILES string of the molecule is CCCCCCCON=[N+]([O-])c1ccccc1. The summed E-state index contributed by atoms with van der Waals surface area (Å²) in [6, 6.07) is 8.83. The van der Waals surface area contributed by atoms with Crippen molar-refractivity contribution < 1.29 is 9.70 Å². The average molecular weight is 236 g/mol. The van der Waals surface area contributed by atoms with Gasteiger partial charge >= 0.3 is 0 Å². The van der Waals surface area contributed by atoms with E-state index in [0.717, 1.165) is 12.8 Å². The Bertz CT molecular complexity index is 325. The topological polar surface area (TPSA) is 47.7 Å². The van der Waals surface area contributed by atoms with Gasteiger partial charge in [-0.1, -0.05) is 44.4 Å². The lowest BCUT2D eigenvalue weighted by Crippen LogP contribution is -1.95. The van der Waals surface area contributed by atoms with Gasteiger partial charge in [-0.05, 0) is 17.7 Å². The Labute approximate surface area is 102 Å². The number of hydrogen-bond donors (Lipinski definition) is 0. The molecule has 0 atom stereocenters. The van der Waals surface area contributed by atoms with Crippen LogP contribution in [0, 0.1) is 5.21 Å². The molecule has 1 aromatic carbocycles. The highest BCUT2D eigenvalue weighted by atomic mass is 16.7. The van der Waals surface area contributed by atoms with E-state index < -0.39 is 0 Å². The largest absolute Gasteiger partial charge is 0.592 e. The highest BCUT2D eigenvalue weighted by molar-refractivity contribution is 5.27. The van der Waals surface area contributed by atoms with Crippen LogP contribution in [0.4, 0.5) is 5.69 Å². The van der Waals surface area contributed by atoms with E-state index in [1.165, 1.54) is 19.3 Å². The van der Waals surface area contributed by atoms with Crippen LogP contribution < -0.4 is 0 Å². The van der Waals surface area contributed by atoms with Crippen LogP contribution in [0.25, 0.3) is 0 Å². The van der Waals surface area contributed by atoms with Gasteiger partial charge in [0.25, 0.3) is 0 Å². The number of hydrogen-bond acceptors (Lipinski definition) is 3. The number of rotatable bonds is 8. The zero-order valence-electron chi connectivity index (χ0n) is 10.3. The maximum Gasteiger partial charge on any atom is 0.248 e. The van der Waals surface area contributed by atoms with Gasteiger partial charge < -0.3 is 10.0 Å². The minimum absolute atomic E-state index is 0.485. The molecular weight excluding hydrogens is 216 g/mol. The Balaban J connectivity index is 2.16. The van der Waals surface area contributed by atoms with Gasteiger partial charge in [0.1, 0.15) is 6.61 Å². The van der Waals surface area contributed by atoms with Crippen molar-refractivity contribution in [2.75, 3.05) is 6.61 Å². The van der Waals surface area contributed by atoms with Crippen molar-refractivity contribution in [2.24, 2.45) is 5.28 Å². The van der Waals surface area contributed by atoms with E-state index in [-0.39, 0.29) is 0 Å². The molecule has 4 nitrogen and oxygen atoms in total. The van der Waals surface area contributed by atoms with Gasteiger partial charge in [-0.2, -0.15) is 0 Å². The molecule has 4 heteroatoms. The zero-order valence-corrected chi connectivity index (χ0v) is 10.3. The molecule has 0 heterocycles. The molecule has 0 unspecified atom stereocenters. The van der Waals surface area contributed by atoms with E-state index in [2.05, 4.69) is 12.2 Å². The molecule has 0 fully saturated rings. The molecule has 0 N–H and O–H groups in total. The van der Waals surface area contributed by atoms with Gasteiger partial charge in [-0.3, -0.25) is 0 Å². The minimum atomic E-state index is 0.485. The maximum absolute atomic E-state index is 11.4. The maximum atomic E-state index is 11.4. The number of benzene rings is 1. The van der Waals surface area contributed by atoms with Crippen molar-refractivity contribution in [3.8, 4) is 0 Å². The summed E-state index contributed by atoms with van der Waals surface area (Å²) in [7, 11) is 0. The summed E-state index contributed by atoms with van der Waals surface area (Å²) in [5.74, 6) is 0. The second-order valence-corrected chi connectivity index (χ2v) is 3.94. The molecule has 1 rings (SSSR count). The van der Waals surface area contributed by atoms with Crippen LogP contribution in [0.2, 0.25) is 0 Å². The first-order valence-electron chi connectivity index (χ1n) is 6.20. The average Bonchev–Trinajstić information content (AvgIpc) is 2.38. The van der Waals surface area contributed by atoms with Crippen LogP contribution in [0.1, 0.15) is 39.0 Å². The van der Waals surface area contributed by atoms with Gasteiger partial charge in [0.2, 0.25) is 11.0 Å². The molecule has 0 bridgehead atoms. The van der Waals surface area contributed by atoms with Crippen LogP contribution in [0.15, 0.2) is 35.6 Å². The lowest BCUT2D eigenvalue weighted by molar-refractivity contribution is -0.478. The third kappa shape index (κ3) is 5.90. The van der Waals surface area contributed by atoms with Crippen molar-refractivity contribution in [3.63, 3.8) is 0 Å². The highest BCUT2D eigenvalue weighted by Crippen LogP contribution is 2.09. The lowest BCUT2D eigenvalue weighted by atomic mass is 10.2. The molecule has 0 aromatic heterocycles. The molecule has 0 saturated heterocycles. The van der Waals surface area contributed by atoms with Gasteiger partial charge in [-0.15, -0.1) is 0 Å². The van der Waals surface area contributed by atoms with E-state index >= 15 is 0 Å². The Morgan fingerprint density at radius 1 is 1.12 bits per heavy atom. The molecule has 0 aliphatic carbocycles. The first-order valence-corrected chi connectivity index (χ1v) is 6.20. The second kappa shape index (κ2) is 8.56. The van der Waals surface area contributed by atoms with E-state index in [1.54, 1.807) is 24.3 Å². The van der Waals surface area contributed by atoms with Gasteiger partial charge in [0.15, 0.2) is 0 Å². The normalized spacial score (nSPS) is 11.5. The molecule has 0 amide bonds. The molecule has 0 saturated carbocycles. The second-order valence-electron chi connectivity index (χ2n) is 3.94. The molecule has 0 spiro atoms. The van der Waals surface area contributed by atoms with Crippen molar-refractivity contribution >= 4 is 5.69 Å². The van der Waals surface area contributed by atoms with Crippen molar-refractivity contribution in [3.05, 3.63) is 35.5 Å². The summed E-state index contributed by atoms with van der Waals surface area (Å²) in [6.07, 6.45) is 5.79. The lowest BCUT2D eigenvalue weighted by Gasteiger charge is -2.00. The third-order valence-electron chi connectivity index (χ3n) is 2.45. The minimum Gasteiger partial charge on any atom is -0.592 e. The van der Waals surface area contributed by atoms with Crippen LogP contribution in [0.5, 0.6) is 0 Å². The Kier molecular flexibility index (Phi) is 6.79. The summed E-state index contributed by atoms with van der Waals surface area (Å²) in [4.78, 5) is 5.47. The fraction of sp³-hybridized carbons (Fsp3) is 0.538. The van der Waals surface area contributed by atoms with Crippen LogP contribution in [0.3, 0.4) is 0 Å². The summed E-state index contributed by atoms with van der Waals surface area (Å²) in [5, 5.41) is 14.9. The fourth-order valence-electron chi connectivity index (χ4n) is 1.47. The molecule has 17 heavy (non-hydrogen) atoms. The summed E-state index contributed by atoms with van der Waals surface area (Å²) < 4.78 is 0. The number of unbranched alkanes of at least 4 members (excludes halogenated alkanes) is 4. The summed E-state index contributed by atoms with van der Waals surface area (Å²) in [5.41, 5.74) is 0.485. The molecule has 0 radical (unpaired) electrons. The summed E-state index contributed by atoms with van der Waals surface area (Å²) >= 11 is 0. The van der Waals surface area contributed by atoms with Crippen molar-refractivity contribution in [1.82, 2.24) is 0 Å². The van der Waals surface area contributed by atoms with E-state index in [1.807, 2.05) is 6.07 Å². The van der Waals surface area contributed by atoms with Crippen molar-refractivity contribution in [2.45, 2.75) is 39.0 Å². The molecule has 1 aromatic rings. The van der Waals surface area contributed by atoms with Gasteiger partial charge in [-0.25, -0.2) is 0 Å². The first kappa shape index (κ1) is 13.5. The molecular formula is C13H20N2O2. The van der Waals surface area contributed by atoms with E-state index in [9.17, 15) is 5.21 Å². The zero-order chi connectivity index (χ0) is 12.3. The Hall–Kier alpha value is -1.58. The predicted molar refractivity (Wildman–Crippen MR) is 66.9 cm³/mol. The van der Waals surface area contributed by atoms with Crippen LogP contribution >= 0.6 is 0 Å². The number of para-hydroxylation sites is 1. The first-order chi connectivity index (χ1) is 8.34. The predicted octanol–water partition coefficient (Wildman–Crippen LogP) is 4.18. The van der Waals surface area contributed by atoms with Crippen LogP contribution in [-0.2, 0) is 4.84 Å². The van der Waals surface area contributed by atoms with E-state index in [4.69, 9.17) is 4.84 Å². The fourth-order valence-corrected chi connectivity index (χ4v) is 1.47. The van der Waals surface area contributed by atoms with Crippen LogP contribution in [-0.4, -0.2) is 11.5 Å². The quantitative estimate of drug-likeness (QED) is 0.294. The van der Waals surface area contributed by atoms with Gasteiger partial charge in [0.05, 0.1) is 0 Å². The third-order valence-corrected chi connectivity index (χ3v) is 2.45. The standard InChI is InChI=1S/C13H20N2O2/c1-2-3-4-5-9-12-17-14-15(16)13-10-7-6-8-11-13/h6-8,10-11H,2-5,9,12H2,1H3. The smallest absolute Gasteiger partial charge is 0.248 e. The molecule has 0 aliphatic rings. The van der Waals surface area contributed by atoms with Gasteiger partial charge in [0, 0.05) is 12.1 Å². The summed E-state index contributed by atoms with van der Waals surface area (Å²) in [6.45, 7) is 2.69. The van der Waals surface area contributed by atoms with Crippen molar-refractivity contribution in [1.29, 1.82) is 0 Å². The molecule has 0 aliphatic heterocycles. The van der Waals surface area contributed by atoms with E-state index in [0.29, 0.717) is 17.2 Å². The highest BCUT2D eigenvalue weighted by Gasteiger charge is 2.00. The number of nitrogens with zero attached hydrogens (tertiary/aromatic N) is 2. The monoisotopic (exact) mass is 236 g/mol. The Morgan fingerprint density at radius 3 is 2.53 bits per heavy atom.